The summed E-state index contributed by atoms with van der Waals surface area (Å²) in [5, 5.41) is 2.87. The molecule has 1 atom stereocenters. The first kappa shape index (κ1) is 13.7. The average molecular weight is 263 g/mol. The highest BCUT2D eigenvalue weighted by Crippen LogP contribution is 2.32. The molecule has 1 fully saturated rings. The zero-order valence-electron chi connectivity index (χ0n) is 11.5. The van der Waals surface area contributed by atoms with Gasteiger partial charge in [-0.15, -0.1) is 0 Å². The van der Waals surface area contributed by atoms with Crippen LogP contribution < -0.4 is 15.8 Å². The molecule has 2 amide bonds. The van der Waals surface area contributed by atoms with E-state index in [1.165, 1.54) is 5.56 Å². The van der Waals surface area contributed by atoms with Crippen molar-refractivity contribution >= 4 is 6.03 Å². The summed E-state index contributed by atoms with van der Waals surface area (Å²) in [5.74, 6) is 0.820. The molecule has 1 aromatic carbocycles. The molecule has 5 nitrogen and oxygen atoms in total. The lowest BCUT2D eigenvalue weighted by molar-refractivity contribution is 0.205. The lowest BCUT2D eigenvalue weighted by Gasteiger charge is -2.24. The molecule has 5 heteroatoms. The van der Waals surface area contributed by atoms with Crippen molar-refractivity contribution in [2.45, 2.75) is 19.4 Å². The zero-order chi connectivity index (χ0) is 13.8. The molecule has 3 N–H and O–H groups in total. The fourth-order valence-corrected chi connectivity index (χ4v) is 2.48. The van der Waals surface area contributed by atoms with E-state index in [-0.39, 0.29) is 12.1 Å². The van der Waals surface area contributed by atoms with Gasteiger partial charge < -0.3 is 20.7 Å². The number of carbonyl (C=O) groups is 1. The van der Waals surface area contributed by atoms with Crippen LogP contribution in [0, 0.1) is 0 Å². The van der Waals surface area contributed by atoms with Gasteiger partial charge in [0.25, 0.3) is 0 Å². The Kier molecular flexibility index (Phi) is 4.27. The van der Waals surface area contributed by atoms with Gasteiger partial charge in [0.15, 0.2) is 0 Å². The van der Waals surface area contributed by atoms with Crippen molar-refractivity contribution in [1.82, 2.24) is 10.2 Å². The Morgan fingerprint density at radius 3 is 2.95 bits per heavy atom. The van der Waals surface area contributed by atoms with Crippen molar-refractivity contribution in [1.29, 1.82) is 0 Å². The number of aryl methyl sites for hydroxylation is 1. The SMILES string of the molecule is CCc1ccc(OC)c(C2CNC(=O)N2CCN)c1. The minimum atomic E-state index is -0.0561. The van der Waals surface area contributed by atoms with E-state index in [4.69, 9.17) is 10.5 Å². The first-order valence-electron chi connectivity index (χ1n) is 6.62. The van der Waals surface area contributed by atoms with Crippen molar-refractivity contribution in [3.8, 4) is 5.75 Å². The highest BCUT2D eigenvalue weighted by Gasteiger charge is 2.33. The van der Waals surface area contributed by atoms with E-state index < -0.39 is 0 Å². The standard InChI is InChI=1S/C14H21N3O2/c1-3-10-4-5-13(19-2)11(8-10)12-9-16-14(18)17(12)7-6-15/h4-5,8,12H,3,6-7,9,15H2,1-2H3,(H,16,18). The second-order valence-corrected chi connectivity index (χ2v) is 4.61. The molecule has 2 rings (SSSR count). The highest BCUT2D eigenvalue weighted by atomic mass is 16.5. The maximum absolute atomic E-state index is 11.8. The molecule has 0 saturated carbocycles. The number of nitrogens with one attached hydrogen (secondary N) is 1. The molecular weight excluding hydrogens is 242 g/mol. The van der Waals surface area contributed by atoms with Gasteiger partial charge >= 0.3 is 6.03 Å². The number of rotatable bonds is 5. The second-order valence-electron chi connectivity index (χ2n) is 4.61. The third-order valence-corrected chi connectivity index (χ3v) is 3.52. The van der Waals surface area contributed by atoms with Crippen molar-refractivity contribution < 1.29 is 9.53 Å². The Bertz CT molecular complexity index is 462. The van der Waals surface area contributed by atoms with E-state index in [1.54, 1.807) is 12.0 Å². The van der Waals surface area contributed by atoms with E-state index in [1.807, 2.05) is 6.07 Å². The Hall–Kier alpha value is -1.75. The summed E-state index contributed by atoms with van der Waals surface area (Å²) >= 11 is 0. The number of methoxy groups -OCH3 is 1. The highest BCUT2D eigenvalue weighted by molar-refractivity contribution is 5.77. The largest absolute Gasteiger partial charge is 0.496 e. The Labute approximate surface area is 113 Å². The van der Waals surface area contributed by atoms with E-state index in [0.717, 1.165) is 17.7 Å². The molecular formula is C14H21N3O2. The summed E-state index contributed by atoms with van der Waals surface area (Å²) in [6.45, 7) is 3.72. The molecule has 104 valence electrons. The Morgan fingerprint density at radius 2 is 2.32 bits per heavy atom. The summed E-state index contributed by atoms with van der Waals surface area (Å²) in [6.07, 6.45) is 0.960. The first-order chi connectivity index (χ1) is 9.21. The molecule has 0 aromatic heterocycles. The normalized spacial score (nSPS) is 18.6. The number of benzene rings is 1. The number of nitrogens with two attached hydrogens (primary N) is 1. The molecule has 19 heavy (non-hydrogen) atoms. The van der Waals surface area contributed by atoms with Gasteiger partial charge in [0.05, 0.1) is 13.2 Å². The minimum absolute atomic E-state index is 0.00231. The van der Waals surface area contributed by atoms with Crippen LogP contribution in [0.5, 0.6) is 5.75 Å². The summed E-state index contributed by atoms with van der Waals surface area (Å²) in [4.78, 5) is 13.6. The number of carbonyl (C=O) groups excluding carboxylic acids is 1. The third kappa shape index (κ3) is 2.66. The number of ether oxygens (including phenoxy) is 1. The van der Waals surface area contributed by atoms with Crippen LogP contribution in [-0.2, 0) is 6.42 Å². The monoisotopic (exact) mass is 263 g/mol. The molecule has 1 aromatic rings. The summed E-state index contributed by atoms with van der Waals surface area (Å²) in [6, 6.07) is 6.09. The van der Waals surface area contributed by atoms with Crippen molar-refractivity contribution in [2.24, 2.45) is 5.73 Å². The van der Waals surface area contributed by atoms with E-state index in [2.05, 4.69) is 24.4 Å². The fourth-order valence-electron chi connectivity index (χ4n) is 2.48. The lowest BCUT2D eigenvalue weighted by atomic mass is 10.0. The minimum Gasteiger partial charge on any atom is -0.496 e. The topological polar surface area (TPSA) is 67.6 Å². The molecule has 1 heterocycles. The third-order valence-electron chi connectivity index (χ3n) is 3.52. The molecule has 0 radical (unpaired) electrons. The quantitative estimate of drug-likeness (QED) is 0.841. The maximum Gasteiger partial charge on any atom is 0.318 e. The predicted octanol–water partition coefficient (Wildman–Crippen LogP) is 1.28. The van der Waals surface area contributed by atoms with Crippen LogP contribution in [0.25, 0.3) is 0 Å². The van der Waals surface area contributed by atoms with Crippen LogP contribution in [0.2, 0.25) is 0 Å². The van der Waals surface area contributed by atoms with Gasteiger partial charge in [-0.2, -0.15) is 0 Å². The van der Waals surface area contributed by atoms with E-state index >= 15 is 0 Å². The van der Waals surface area contributed by atoms with Crippen molar-refractivity contribution in [3.63, 3.8) is 0 Å². The number of urea groups is 1. The lowest BCUT2D eigenvalue weighted by Crippen LogP contribution is -2.34. The summed E-state index contributed by atoms with van der Waals surface area (Å²) < 4.78 is 5.42. The van der Waals surface area contributed by atoms with E-state index in [0.29, 0.717) is 19.6 Å². The molecule has 0 bridgehead atoms. The predicted molar refractivity (Wildman–Crippen MR) is 74.3 cm³/mol. The molecule has 1 aliphatic heterocycles. The van der Waals surface area contributed by atoms with Gasteiger partial charge in [0.2, 0.25) is 0 Å². The molecule has 0 aliphatic carbocycles. The Morgan fingerprint density at radius 1 is 1.53 bits per heavy atom. The van der Waals surface area contributed by atoms with Gasteiger partial charge in [-0.3, -0.25) is 0 Å². The van der Waals surface area contributed by atoms with Crippen LogP contribution in [0.4, 0.5) is 4.79 Å². The second kappa shape index (κ2) is 5.93. The Balaban J connectivity index is 2.36. The zero-order valence-corrected chi connectivity index (χ0v) is 11.5. The molecule has 0 spiro atoms. The fraction of sp³-hybridized carbons (Fsp3) is 0.500. The van der Waals surface area contributed by atoms with Gasteiger partial charge in [0, 0.05) is 25.2 Å². The van der Waals surface area contributed by atoms with E-state index in [9.17, 15) is 4.79 Å². The smallest absolute Gasteiger partial charge is 0.318 e. The van der Waals surface area contributed by atoms with Crippen LogP contribution in [0.1, 0.15) is 24.1 Å². The summed E-state index contributed by atoms with van der Waals surface area (Å²) in [5.41, 5.74) is 7.87. The van der Waals surface area contributed by atoms with Gasteiger partial charge in [-0.05, 0) is 24.1 Å². The van der Waals surface area contributed by atoms with Crippen molar-refractivity contribution in [3.05, 3.63) is 29.3 Å². The first-order valence-corrected chi connectivity index (χ1v) is 6.62. The number of nitrogens with zero attached hydrogens (tertiary/aromatic N) is 1. The molecule has 1 saturated heterocycles. The molecule has 1 unspecified atom stereocenters. The van der Waals surface area contributed by atoms with Gasteiger partial charge in [-0.1, -0.05) is 13.0 Å². The number of hydrogen-bond donors (Lipinski definition) is 2. The van der Waals surface area contributed by atoms with Crippen LogP contribution in [0.3, 0.4) is 0 Å². The van der Waals surface area contributed by atoms with Gasteiger partial charge in [0.1, 0.15) is 5.75 Å². The van der Waals surface area contributed by atoms with Crippen molar-refractivity contribution in [2.75, 3.05) is 26.7 Å². The van der Waals surface area contributed by atoms with Gasteiger partial charge in [-0.25, -0.2) is 4.79 Å². The van der Waals surface area contributed by atoms with Crippen LogP contribution in [-0.4, -0.2) is 37.7 Å². The maximum atomic E-state index is 11.8. The van der Waals surface area contributed by atoms with Crippen LogP contribution in [0.15, 0.2) is 18.2 Å². The average Bonchev–Trinajstić information content (AvgIpc) is 2.80. The number of hydrogen-bond acceptors (Lipinski definition) is 3. The summed E-state index contributed by atoms with van der Waals surface area (Å²) in [7, 11) is 1.65. The number of amides is 2. The van der Waals surface area contributed by atoms with Crippen LogP contribution >= 0.6 is 0 Å². The molecule has 1 aliphatic rings.